The van der Waals surface area contributed by atoms with E-state index in [2.05, 4.69) is 23.3 Å². The van der Waals surface area contributed by atoms with Crippen LogP contribution in [0.25, 0.3) is 0 Å². The van der Waals surface area contributed by atoms with Crippen LogP contribution in [0.4, 0.5) is 0 Å². The Morgan fingerprint density at radius 2 is 1.56 bits per heavy atom. The van der Waals surface area contributed by atoms with E-state index in [0.717, 1.165) is 0 Å². The van der Waals surface area contributed by atoms with Crippen molar-refractivity contribution in [1.29, 1.82) is 0 Å². The van der Waals surface area contributed by atoms with Crippen molar-refractivity contribution in [2.75, 3.05) is 5.75 Å². The second kappa shape index (κ2) is 11.7. The summed E-state index contributed by atoms with van der Waals surface area (Å²) in [6.45, 7) is 3.62. The maximum absolute atomic E-state index is 12.3. The summed E-state index contributed by atoms with van der Waals surface area (Å²) in [6.07, 6.45) is -0.0379. The fourth-order valence-electron chi connectivity index (χ4n) is 2.05. The van der Waals surface area contributed by atoms with Crippen molar-refractivity contribution in [3.8, 4) is 0 Å². The number of carboxylic acids is 2. The molecule has 0 aliphatic carbocycles. The topological polar surface area (TPSA) is 159 Å². The average Bonchev–Trinajstić information content (AvgIpc) is 2.49. The standard InChI is InChI=1S/C15H27N3O6S/c1-8(2)7-11(15(23)24)18-14(22)10(3-4-12(19)20)17-13(21)9(16)5-6-25/h8-11,25H,3-7,16H2,1-2H3,(H,17,21)(H,18,22)(H,19,20)(H,23,24)/t9-,10+,11+/m1/s1. The van der Waals surface area contributed by atoms with Crippen LogP contribution in [-0.4, -0.2) is 57.8 Å². The first-order chi connectivity index (χ1) is 11.6. The molecule has 0 aliphatic rings. The fourth-order valence-corrected chi connectivity index (χ4v) is 2.33. The second-order valence-corrected chi connectivity index (χ2v) is 6.59. The van der Waals surface area contributed by atoms with Crippen LogP contribution in [0, 0.1) is 5.92 Å². The van der Waals surface area contributed by atoms with Crippen LogP contribution >= 0.6 is 12.6 Å². The van der Waals surface area contributed by atoms with Gasteiger partial charge in [0.1, 0.15) is 12.1 Å². The van der Waals surface area contributed by atoms with Crippen molar-refractivity contribution in [1.82, 2.24) is 10.6 Å². The molecule has 0 aromatic heterocycles. The van der Waals surface area contributed by atoms with E-state index in [4.69, 9.17) is 10.8 Å². The highest BCUT2D eigenvalue weighted by Crippen LogP contribution is 2.07. The van der Waals surface area contributed by atoms with Crippen molar-refractivity contribution >= 4 is 36.4 Å². The van der Waals surface area contributed by atoms with Gasteiger partial charge in [-0.15, -0.1) is 0 Å². The first kappa shape index (κ1) is 23.2. The van der Waals surface area contributed by atoms with Crippen LogP contribution < -0.4 is 16.4 Å². The molecule has 9 nitrogen and oxygen atoms in total. The molecule has 0 saturated carbocycles. The summed E-state index contributed by atoms with van der Waals surface area (Å²) in [5.41, 5.74) is 5.64. The monoisotopic (exact) mass is 377 g/mol. The lowest BCUT2D eigenvalue weighted by atomic mass is 10.0. The Kier molecular flexibility index (Phi) is 10.8. The molecule has 0 heterocycles. The van der Waals surface area contributed by atoms with E-state index in [0.29, 0.717) is 5.75 Å². The minimum absolute atomic E-state index is 0.0253. The van der Waals surface area contributed by atoms with Crippen molar-refractivity contribution < 1.29 is 29.4 Å². The van der Waals surface area contributed by atoms with E-state index in [1.54, 1.807) is 0 Å². The predicted octanol–water partition coefficient (Wildman–Crippen LogP) is -0.401. The van der Waals surface area contributed by atoms with Gasteiger partial charge in [0.15, 0.2) is 0 Å². The summed E-state index contributed by atoms with van der Waals surface area (Å²) in [5, 5.41) is 22.7. The van der Waals surface area contributed by atoms with Crippen LogP contribution in [0.15, 0.2) is 0 Å². The number of nitrogens with one attached hydrogen (secondary N) is 2. The molecule has 0 spiro atoms. The molecule has 2 amide bonds. The molecular weight excluding hydrogens is 350 g/mol. The zero-order valence-electron chi connectivity index (χ0n) is 14.4. The van der Waals surface area contributed by atoms with Crippen LogP contribution in [0.5, 0.6) is 0 Å². The SMILES string of the molecule is CC(C)C[C@H](NC(=O)[C@H](CCC(=O)O)NC(=O)[C@H](N)CCS)C(=O)O. The lowest BCUT2D eigenvalue weighted by molar-refractivity contribution is -0.143. The van der Waals surface area contributed by atoms with Gasteiger partial charge >= 0.3 is 11.9 Å². The highest BCUT2D eigenvalue weighted by molar-refractivity contribution is 7.80. The number of aliphatic carboxylic acids is 2. The zero-order chi connectivity index (χ0) is 19.6. The molecule has 0 rings (SSSR count). The largest absolute Gasteiger partial charge is 0.481 e. The fraction of sp³-hybridized carbons (Fsp3) is 0.733. The number of rotatable bonds is 12. The molecule has 0 radical (unpaired) electrons. The van der Waals surface area contributed by atoms with Gasteiger partial charge in [-0.2, -0.15) is 12.6 Å². The third-order valence-corrected chi connectivity index (χ3v) is 3.64. The Balaban J connectivity index is 5.04. The smallest absolute Gasteiger partial charge is 0.326 e. The summed E-state index contributed by atoms with van der Waals surface area (Å²) in [5.74, 6) is -3.30. The number of hydrogen-bond acceptors (Lipinski definition) is 6. The maximum atomic E-state index is 12.3. The highest BCUT2D eigenvalue weighted by Gasteiger charge is 2.28. The van der Waals surface area contributed by atoms with Gasteiger partial charge in [0, 0.05) is 6.42 Å². The van der Waals surface area contributed by atoms with Gasteiger partial charge in [0.05, 0.1) is 6.04 Å². The quantitative estimate of drug-likeness (QED) is 0.252. The minimum atomic E-state index is -1.20. The van der Waals surface area contributed by atoms with Crippen molar-refractivity contribution in [3.63, 3.8) is 0 Å². The van der Waals surface area contributed by atoms with Crippen LogP contribution in [0.3, 0.4) is 0 Å². The molecule has 144 valence electrons. The Bertz CT molecular complexity index is 486. The molecule has 0 fully saturated rings. The number of hydrogen-bond donors (Lipinski definition) is 6. The average molecular weight is 377 g/mol. The molecule has 0 saturated heterocycles. The molecule has 10 heteroatoms. The molecule has 3 atom stereocenters. The van der Waals surface area contributed by atoms with E-state index in [-0.39, 0.29) is 31.6 Å². The molecule has 0 unspecified atom stereocenters. The van der Waals surface area contributed by atoms with Crippen LogP contribution in [-0.2, 0) is 19.2 Å². The normalized spacial score (nSPS) is 14.4. The van der Waals surface area contributed by atoms with Crippen LogP contribution in [0.1, 0.15) is 39.5 Å². The first-order valence-corrected chi connectivity index (χ1v) is 8.63. The number of carboxylic acid groups (broad SMARTS) is 2. The maximum Gasteiger partial charge on any atom is 0.326 e. The molecule has 0 aliphatic heterocycles. The zero-order valence-corrected chi connectivity index (χ0v) is 15.3. The lowest BCUT2D eigenvalue weighted by Gasteiger charge is -2.23. The molecule has 6 N–H and O–H groups in total. The van der Waals surface area contributed by atoms with Crippen LogP contribution in [0.2, 0.25) is 0 Å². The molecule has 0 aromatic rings. The van der Waals surface area contributed by atoms with E-state index in [1.807, 2.05) is 13.8 Å². The van der Waals surface area contributed by atoms with Gasteiger partial charge in [-0.25, -0.2) is 4.79 Å². The number of carbonyl (C=O) groups excluding carboxylic acids is 2. The van der Waals surface area contributed by atoms with E-state index < -0.39 is 41.9 Å². The summed E-state index contributed by atoms with van der Waals surface area (Å²) in [7, 11) is 0. The lowest BCUT2D eigenvalue weighted by Crippen LogP contribution is -2.54. The molecular formula is C15H27N3O6S. The van der Waals surface area contributed by atoms with E-state index in [9.17, 15) is 24.3 Å². The first-order valence-electron chi connectivity index (χ1n) is 8.00. The number of carbonyl (C=O) groups is 4. The molecule has 0 aromatic carbocycles. The molecule has 25 heavy (non-hydrogen) atoms. The second-order valence-electron chi connectivity index (χ2n) is 6.14. The minimum Gasteiger partial charge on any atom is -0.481 e. The third kappa shape index (κ3) is 9.92. The van der Waals surface area contributed by atoms with Crippen molar-refractivity contribution in [3.05, 3.63) is 0 Å². The predicted molar refractivity (Wildman–Crippen MR) is 94.3 cm³/mol. The van der Waals surface area contributed by atoms with Gasteiger partial charge < -0.3 is 26.6 Å². The Morgan fingerprint density at radius 1 is 1.00 bits per heavy atom. The van der Waals surface area contributed by atoms with Gasteiger partial charge in [0.25, 0.3) is 0 Å². The number of amides is 2. The summed E-state index contributed by atoms with van der Waals surface area (Å²) < 4.78 is 0. The van der Waals surface area contributed by atoms with E-state index >= 15 is 0 Å². The Morgan fingerprint density at radius 3 is 2.00 bits per heavy atom. The summed E-state index contributed by atoms with van der Waals surface area (Å²) in [4.78, 5) is 46.3. The summed E-state index contributed by atoms with van der Waals surface area (Å²) >= 11 is 3.97. The van der Waals surface area contributed by atoms with Crippen molar-refractivity contribution in [2.45, 2.75) is 57.7 Å². The highest BCUT2D eigenvalue weighted by atomic mass is 32.1. The van der Waals surface area contributed by atoms with E-state index in [1.165, 1.54) is 0 Å². The number of nitrogens with two attached hydrogens (primary N) is 1. The van der Waals surface area contributed by atoms with Gasteiger partial charge in [-0.1, -0.05) is 13.8 Å². The van der Waals surface area contributed by atoms with Gasteiger partial charge in [0.2, 0.25) is 11.8 Å². The van der Waals surface area contributed by atoms with Gasteiger partial charge in [-0.05, 0) is 30.9 Å². The summed E-state index contributed by atoms with van der Waals surface area (Å²) in [6, 6.07) is -3.19. The third-order valence-electron chi connectivity index (χ3n) is 3.38. The Hall–Kier alpha value is -1.81. The molecule has 0 bridgehead atoms. The Labute approximate surface area is 152 Å². The number of thiol groups is 1. The van der Waals surface area contributed by atoms with Gasteiger partial charge in [-0.3, -0.25) is 14.4 Å². The van der Waals surface area contributed by atoms with Crippen molar-refractivity contribution in [2.24, 2.45) is 11.7 Å².